The third-order valence-corrected chi connectivity index (χ3v) is 7.96. The van der Waals surface area contributed by atoms with Crippen molar-refractivity contribution >= 4 is 44.5 Å². The van der Waals surface area contributed by atoms with Gasteiger partial charge in [-0.25, -0.2) is 14.4 Å². The van der Waals surface area contributed by atoms with Crippen molar-refractivity contribution in [2.45, 2.75) is 24.1 Å². The fourth-order valence-electron chi connectivity index (χ4n) is 4.48. The molecular weight excluding hydrogens is 594 g/mol. The third-order valence-electron chi connectivity index (χ3n) is 7.02. The molecule has 2 aromatic heterocycles. The number of aliphatic hydroxyl groups is 1. The number of benzene rings is 2. The molecule has 16 heteroatoms. The zero-order valence-corrected chi connectivity index (χ0v) is 23.0. The molecule has 4 aromatic rings. The molecule has 43 heavy (non-hydrogen) atoms. The lowest BCUT2D eigenvalue weighted by molar-refractivity contribution is -0.265. The molecule has 0 saturated heterocycles. The molecule has 0 fully saturated rings. The first-order valence-corrected chi connectivity index (χ1v) is 13.3. The van der Waals surface area contributed by atoms with Crippen molar-refractivity contribution in [2.75, 3.05) is 18.5 Å². The van der Waals surface area contributed by atoms with Gasteiger partial charge in [-0.15, -0.1) is 0 Å². The number of hydrogen-bond acceptors (Lipinski definition) is 8. The average Bonchev–Trinajstić information content (AvgIpc) is 3.50. The van der Waals surface area contributed by atoms with E-state index in [4.69, 9.17) is 21.6 Å². The van der Waals surface area contributed by atoms with Crippen LogP contribution in [0.3, 0.4) is 0 Å². The van der Waals surface area contributed by atoms with Crippen molar-refractivity contribution in [1.29, 1.82) is 5.41 Å². The Balaban J connectivity index is 1.54. The number of alkyl halides is 3. The summed E-state index contributed by atoms with van der Waals surface area (Å²) in [6, 6.07) is 9.70. The zero-order valence-electron chi connectivity index (χ0n) is 22.2. The topological polar surface area (TPSA) is 189 Å². The summed E-state index contributed by atoms with van der Waals surface area (Å²) < 4.78 is 63.5. The number of nitrogens with two attached hydrogens (primary N) is 2. The van der Waals surface area contributed by atoms with E-state index in [-0.39, 0.29) is 45.8 Å². The van der Waals surface area contributed by atoms with E-state index in [1.807, 2.05) is 0 Å². The third kappa shape index (κ3) is 5.30. The lowest BCUT2D eigenvalue weighted by Gasteiger charge is -2.31. The standard InChI is InChI=1S/C27H23F4N7O4S/c1-25(22(32)40)11-42-20-15(25)9-18(37-19(20)12-2-5-14(28)6-3-12)26(41,27(29,30)31)10-35-21(39)13-4-7-16-17(8-13)43-24(36-16)38-23(33)34/h2-9,41H,10-11H2,1H3,(H2,32,40)(H,35,39)(H4,33,34,36,38)/t25-,26?/m0/s1. The van der Waals surface area contributed by atoms with Crippen molar-refractivity contribution in [1.82, 2.24) is 15.3 Å². The monoisotopic (exact) mass is 617 g/mol. The van der Waals surface area contributed by atoms with Crippen molar-refractivity contribution in [3.8, 4) is 17.0 Å². The van der Waals surface area contributed by atoms with Gasteiger partial charge in [0.15, 0.2) is 11.1 Å². The van der Waals surface area contributed by atoms with Gasteiger partial charge in [0.25, 0.3) is 5.91 Å². The smallest absolute Gasteiger partial charge is 0.424 e. The molecule has 1 unspecified atom stereocenters. The maximum Gasteiger partial charge on any atom is 0.424 e. The number of aromatic nitrogens is 2. The fourth-order valence-corrected chi connectivity index (χ4v) is 5.40. The van der Waals surface area contributed by atoms with Gasteiger partial charge in [0.05, 0.1) is 22.5 Å². The van der Waals surface area contributed by atoms with Crippen molar-refractivity contribution in [2.24, 2.45) is 11.5 Å². The highest BCUT2D eigenvalue weighted by molar-refractivity contribution is 7.22. The number of nitrogens with one attached hydrogen (secondary N) is 3. The quantitative estimate of drug-likeness (QED) is 0.104. The summed E-state index contributed by atoms with van der Waals surface area (Å²) in [4.78, 5) is 33.6. The molecular formula is C27H23F4N7O4S. The number of primary amides is 1. The van der Waals surface area contributed by atoms with E-state index in [1.54, 1.807) is 0 Å². The Morgan fingerprint density at radius 3 is 2.47 bits per heavy atom. The summed E-state index contributed by atoms with van der Waals surface area (Å²) in [5.74, 6) is -2.84. The number of ether oxygens (including phenoxy) is 1. The number of amides is 2. The van der Waals surface area contributed by atoms with Gasteiger partial charge in [-0.1, -0.05) is 11.3 Å². The number of fused-ring (bicyclic) bond motifs is 2. The van der Waals surface area contributed by atoms with Crippen LogP contribution in [-0.2, 0) is 15.8 Å². The second kappa shape index (κ2) is 10.5. The van der Waals surface area contributed by atoms with Gasteiger partial charge in [-0.05, 0) is 55.5 Å². The van der Waals surface area contributed by atoms with Crippen LogP contribution in [0.1, 0.15) is 28.5 Å². The van der Waals surface area contributed by atoms with E-state index in [2.05, 4.69) is 20.6 Å². The van der Waals surface area contributed by atoms with Crippen LogP contribution in [0.2, 0.25) is 0 Å². The van der Waals surface area contributed by atoms with Crippen molar-refractivity contribution in [3.63, 3.8) is 0 Å². The van der Waals surface area contributed by atoms with E-state index in [0.717, 1.165) is 29.5 Å². The van der Waals surface area contributed by atoms with Gasteiger partial charge in [-0.3, -0.25) is 15.0 Å². The average molecular weight is 618 g/mol. The molecule has 11 nitrogen and oxygen atoms in total. The zero-order chi connectivity index (χ0) is 31.3. The van der Waals surface area contributed by atoms with Crippen LogP contribution >= 0.6 is 11.3 Å². The maximum absolute atomic E-state index is 14.6. The van der Waals surface area contributed by atoms with Crippen molar-refractivity contribution < 1.29 is 37.0 Å². The minimum absolute atomic E-state index is 0.0290. The Morgan fingerprint density at radius 2 is 1.84 bits per heavy atom. The summed E-state index contributed by atoms with van der Waals surface area (Å²) >= 11 is 1.06. The predicted molar refractivity (Wildman–Crippen MR) is 149 cm³/mol. The highest BCUT2D eigenvalue weighted by Gasteiger charge is 2.57. The van der Waals surface area contributed by atoms with Crippen LogP contribution in [0, 0.1) is 11.2 Å². The van der Waals surface area contributed by atoms with Crippen LogP contribution in [0.15, 0.2) is 48.5 Å². The molecule has 2 atom stereocenters. The largest absolute Gasteiger partial charge is 0.489 e. The Kier molecular flexibility index (Phi) is 7.22. The molecule has 224 valence electrons. The number of pyridine rings is 1. The number of rotatable bonds is 7. The van der Waals surface area contributed by atoms with E-state index >= 15 is 0 Å². The minimum atomic E-state index is -5.36. The predicted octanol–water partition coefficient (Wildman–Crippen LogP) is 3.12. The second-order valence-electron chi connectivity index (χ2n) is 10.0. The summed E-state index contributed by atoms with van der Waals surface area (Å²) in [6.07, 6.45) is -5.36. The van der Waals surface area contributed by atoms with Crippen LogP contribution in [0.25, 0.3) is 21.5 Å². The van der Waals surface area contributed by atoms with Crippen LogP contribution in [0.5, 0.6) is 5.75 Å². The SMILES string of the molecule is C[C@]1(C(N)=O)COc2c1cc(C(O)(CNC(=O)c1ccc3nc(NC(=N)N)sc3c1)C(F)(F)F)nc2-c1ccc(F)cc1. The van der Waals surface area contributed by atoms with Gasteiger partial charge in [0.1, 0.15) is 29.3 Å². The number of nitrogens with zero attached hydrogens (tertiary/aromatic N) is 2. The molecule has 8 N–H and O–H groups in total. The number of thiazole rings is 1. The molecule has 0 radical (unpaired) electrons. The maximum atomic E-state index is 14.6. The second-order valence-corrected chi connectivity index (χ2v) is 11.0. The minimum Gasteiger partial charge on any atom is -0.489 e. The molecule has 0 bridgehead atoms. The summed E-state index contributed by atoms with van der Waals surface area (Å²) in [7, 11) is 0. The molecule has 1 aliphatic heterocycles. The van der Waals surface area contributed by atoms with Gasteiger partial charge in [0.2, 0.25) is 11.5 Å². The molecule has 5 rings (SSSR count). The fraction of sp³-hybridized carbons (Fsp3) is 0.222. The van der Waals surface area contributed by atoms with Crippen molar-refractivity contribution in [3.05, 3.63) is 71.2 Å². The number of hydrogen-bond donors (Lipinski definition) is 6. The molecule has 2 aromatic carbocycles. The molecule has 2 amide bonds. The van der Waals surface area contributed by atoms with Crippen LogP contribution in [0.4, 0.5) is 22.7 Å². The first-order chi connectivity index (χ1) is 20.1. The van der Waals surface area contributed by atoms with E-state index < -0.39 is 47.1 Å². The van der Waals surface area contributed by atoms with E-state index in [0.29, 0.717) is 10.2 Å². The normalized spacial score (nSPS) is 17.5. The number of carbonyl (C=O) groups excluding carboxylic acids is 2. The molecule has 0 spiro atoms. The number of anilines is 1. The lowest BCUT2D eigenvalue weighted by atomic mass is 9.81. The van der Waals surface area contributed by atoms with Gasteiger partial charge in [0, 0.05) is 16.7 Å². The Labute approximate surface area is 244 Å². The highest BCUT2D eigenvalue weighted by atomic mass is 32.1. The molecule has 1 aliphatic rings. The van der Waals surface area contributed by atoms with Crippen LogP contribution < -0.4 is 26.8 Å². The Morgan fingerprint density at radius 1 is 1.14 bits per heavy atom. The van der Waals surface area contributed by atoms with E-state index in [9.17, 15) is 32.3 Å². The number of guanidine groups is 1. The first kappa shape index (κ1) is 29.7. The molecule has 0 saturated carbocycles. The number of carbonyl (C=O) groups is 2. The van der Waals surface area contributed by atoms with E-state index in [1.165, 1.54) is 37.3 Å². The van der Waals surface area contributed by atoms with Gasteiger partial charge < -0.3 is 31.9 Å². The number of halogens is 4. The summed E-state index contributed by atoms with van der Waals surface area (Å²) in [5, 5.41) is 23.4. The van der Waals surface area contributed by atoms with Crippen LogP contribution in [-0.4, -0.2) is 52.2 Å². The summed E-state index contributed by atoms with van der Waals surface area (Å²) in [5.41, 5.74) is 4.97. The van der Waals surface area contributed by atoms with Gasteiger partial charge in [-0.2, -0.15) is 13.2 Å². The lowest BCUT2D eigenvalue weighted by Crippen LogP contribution is -2.51. The molecule has 3 heterocycles. The Bertz CT molecular complexity index is 1780. The molecule has 0 aliphatic carbocycles. The Hall–Kier alpha value is -4.83. The highest BCUT2D eigenvalue weighted by Crippen LogP contribution is 2.47. The summed E-state index contributed by atoms with van der Waals surface area (Å²) in [6.45, 7) is -0.279. The first-order valence-electron chi connectivity index (χ1n) is 12.5. The van der Waals surface area contributed by atoms with Gasteiger partial charge >= 0.3 is 6.18 Å².